The van der Waals surface area contributed by atoms with Gasteiger partial charge in [-0.1, -0.05) is 138 Å². The molecule has 0 aromatic rings. The number of nitrogens with one attached hydrogen (secondary N) is 1. The second-order valence-corrected chi connectivity index (χ2v) is 13.8. The zero-order valence-corrected chi connectivity index (χ0v) is 32.5. The van der Waals surface area contributed by atoms with Crippen LogP contribution >= 0.6 is 7.82 Å². The molecule has 1 amide bonds. The largest absolute Gasteiger partial charge is 0.480 e. The number of hydrogen-bond acceptors (Lipinski definition) is 8. The Bertz CT molecular complexity index is 1160. The van der Waals surface area contributed by atoms with E-state index in [0.29, 0.717) is 19.3 Å². The molecule has 52 heavy (non-hydrogen) atoms. The van der Waals surface area contributed by atoms with E-state index in [2.05, 4.69) is 73.8 Å². The third-order valence-electron chi connectivity index (χ3n) is 7.52. The third kappa shape index (κ3) is 34.0. The number of phosphoric acid groups is 1. The first-order chi connectivity index (χ1) is 25.1. The lowest BCUT2D eigenvalue weighted by molar-refractivity contribution is -0.147. The fourth-order valence-electron chi connectivity index (χ4n) is 4.57. The van der Waals surface area contributed by atoms with Crippen LogP contribution in [0.2, 0.25) is 0 Å². The molecule has 0 bridgehead atoms. The number of phosphoric ester groups is 1. The monoisotopic (exact) mass is 751 g/mol. The van der Waals surface area contributed by atoms with E-state index in [9.17, 15) is 34.1 Å². The Balaban J connectivity index is 4.12. The van der Waals surface area contributed by atoms with E-state index in [1.807, 2.05) is 18.2 Å². The van der Waals surface area contributed by atoms with Gasteiger partial charge >= 0.3 is 19.8 Å². The Morgan fingerprint density at radius 3 is 1.60 bits per heavy atom. The fourth-order valence-corrected chi connectivity index (χ4v) is 5.34. The van der Waals surface area contributed by atoms with Crippen LogP contribution in [0.15, 0.2) is 72.9 Å². The molecular weight excluding hydrogens is 685 g/mol. The Kier molecular flexibility index (Phi) is 32.9. The normalized spacial score (nSPS) is 14.7. The molecular formula is C40H66NO10P. The predicted molar refractivity (Wildman–Crippen MR) is 208 cm³/mol. The number of aliphatic hydroxyl groups excluding tert-OH is 1. The Labute approximate surface area is 312 Å². The maximum atomic E-state index is 12.2. The van der Waals surface area contributed by atoms with E-state index < -0.39 is 57.6 Å². The topological polar surface area (TPSA) is 169 Å². The van der Waals surface area contributed by atoms with Crippen molar-refractivity contribution in [3.05, 3.63) is 72.9 Å². The second-order valence-electron chi connectivity index (χ2n) is 12.4. The number of hydrogen-bond donors (Lipinski definition) is 4. The van der Waals surface area contributed by atoms with Crippen molar-refractivity contribution in [3.8, 4) is 0 Å². The van der Waals surface area contributed by atoms with Crippen LogP contribution in [0.3, 0.4) is 0 Å². The van der Waals surface area contributed by atoms with Crippen LogP contribution in [-0.2, 0) is 32.7 Å². The number of rotatable bonds is 34. The SMILES string of the molecule is CC/C=C\C/C=C\C/C=C\C/C=C\C/C=C\C/C=C\CCC(=O)NC(COP(=O)(O)OCC(O)COC(=O)CCCCCCCCCCC)C(=O)O. The van der Waals surface area contributed by atoms with Gasteiger partial charge in [-0.2, -0.15) is 0 Å². The van der Waals surface area contributed by atoms with Crippen molar-refractivity contribution in [1.29, 1.82) is 0 Å². The molecule has 3 atom stereocenters. The number of amides is 1. The molecule has 0 aliphatic rings. The quantitative estimate of drug-likeness (QED) is 0.0216. The van der Waals surface area contributed by atoms with Gasteiger partial charge in [-0.05, 0) is 51.4 Å². The standard InChI is InChI=1S/C40H66NO10P/c1-3-5-7-9-11-13-14-15-16-17-18-19-20-21-22-24-25-27-29-31-38(43)41-37(40(45)46)35-51-52(47,48)50-34-36(42)33-49-39(44)32-30-28-26-23-12-10-8-6-4-2/h5,7,11,13,15-16,18-19,21-22,25,27,36-37,42H,3-4,6,8-10,12,14,17,20,23-24,26,28-35H2,1-2H3,(H,41,43)(H,45,46)(H,47,48)/b7-5-,13-11-,16-15-,19-18-,22-21-,27-25-. The Hall–Kier alpha value is -3.08. The summed E-state index contributed by atoms with van der Waals surface area (Å²) in [7, 11) is -4.77. The Morgan fingerprint density at radius 2 is 1.10 bits per heavy atom. The Morgan fingerprint density at radius 1 is 0.635 bits per heavy atom. The molecule has 0 spiro atoms. The van der Waals surface area contributed by atoms with Gasteiger partial charge in [-0.15, -0.1) is 0 Å². The van der Waals surface area contributed by atoms with Gasteiger partial charge in [0.2, 0.25) is 5.91 Å². The molecule has 0 aromatic heterocycles. The van der Waals surface area contributed by atoms with Crippen molar-refractivity contribution in [1.82, 2.24) is 5.32 Å². The number of ether oxygens (including phenoxy) is 1. The number of carbonyl (C=O) groups excluding carboxylic acids is 2. The van der Waals surface area contributed by atoms with Crippen molar-refractivity contribution >= 4 is 25.7 Å². The molecule has 0 aliphatic heterocycles. The van der Waals surface area contributed by atoms with Crippen molar-refractivity contribution < 1.29 is 47.8 Å². The maximum Gasteiger partial charge on any atom is 0.472 e. The van der Waals surface area contributed by atoms with E-state index >= 15 is 0 Å². The van der Waals surface area contributed by atoms with Gasteiger partial charge in [0.1, 0.15) is 12.7 Å². The lowest BCUT2D eigenvalue weighted by Gasteiger charge is -2.18. The summed E-state index contributed by atoms with van der Waals surface area (Å²) in [5.74, 6) is -2.50. The average Bonchev–Trinajstić information content (AvgIpc) is 3.11. The number of aliphatic carboxylic acids is 1. The molecule has 11 nitrogen and oxygen atoms in total. The van der Waals surface area contributed by atoms with E-state index in [-0.39, 0.29) is 12.8 Å². The molecule has 0 rings (SSSR count). The number of carboxylic acid groups (broad SMARTS) is 1. The summed E-state index contributed by atoms with van der Waals surface area (Å²) in [6.07, 6.45) is 39.6. The van der Waals surface area contributed by atoms with Gasteiger partial charge in [-0.3, -0.25) is 18.6 Å². The molecule has 12 heteroatoms. The van der Waals surface area contributed by atoms with Gasteiger partial charge in [-0.25, -0.2) is 9.36 Å². The lowest BCUT2D eigenvalue weighted by atomic mass is 10.1. The lowest BCUT2D eigenvalue weighted by Crippen LogP contribution is -2.43. The summed E-state index contributed by atoms with van der Waals surface area (Å²) in [4.78, 5) is 45.6. The number of esters is 1. The molecule has 0 saturated carbocycles. The van der Waals surface area contributed by atoms with Gasteiger partial charge in [0.05, 0.1) is 13.2 Å². The van der Waals surface area contributed by atoms with Crippen LogP contribution in [-0.4, -0.2) is 64.9 Å². The first-order valence-electron chi connectivity index (χ1n) is 19.0. The summed E-state index contributed by atoms with van der Waals surface area (Å²) in [6.45, 7) is 2.36. The minimum Gasteiger partial charge on any atom is -0.480 e. The van der Waals surface area contributed by atoms with Crippen molar-refractivity contribution in [3.63, 3.8) is 0 Å². The van der Waals surface area contributed by atoms with Crippen LogP contribution in [0.5, 0.6) is 0 Å². The molecule has 0 fully saturated rings. The first kappa shape index (κ1) is 48.9. The first-order valence-corrected chi connectivity index (χ1v) is 20.5. The highest BCUT2D eigenvalue weighted by Crippen LogP contribution is 2.43. The average molecular weight is 752 g/mol. The van der Waals surface area contributed by atoms with Crippen LogP contribution in [0.1, 0.15) is 129 Å². The number of aliphatic hydroxyl groups is 1. The molecule has 0 aliphatic carbocycles. The van der Waals surface area contributed by atoms with E-state index in [4.69, 9.17) is 13.8 Å². The van der Waals surface area contributed by atoms with Gasteiger partial charge in [0.15, 0.2) is 6.04 Å². The predicted octanol–water partition coefficient (Wildman–Crippen LogP) is 8.99. The number of carbonyl (C=O) groups is 3. The van der Waals surface area contributed by atoms with E-state index in [1.54, 1.807) is 0 Å². The summed E-state index contributed by atoms with van der Waals surface area (Å²) in [5.41, 5.74) is 0. The van der Waals surface area contributed by atoms with E-state index in [0.717, 1.165) is 51.4 Å². The van der Waals surface area contributed by atoms with Gasteiger partial charge in [0, 0.05) is 12.8 Å². The molecule has 0 heterocycles. The zero-order chi connectivity index (χ0) is 38.5. The third-order valence-corrected chi connectivity index (χ3v) is 8.47. The summed E-state index contributed by atoms with van der Waals surface area (Å²) >= 11 is 0. The minimum atomic E-state index is -4.77. The summed E-state index contributed by atoms with van der Waals surface area (Å²) in [5, 5.41) is 21.6. The van der Waals surface area contributed by atoms with Crippen LogP contribution < -0.4 is 5.32 Å². The molecule has 4 N–H and O–H groups in total. The number of allylic oxidation sites excluding steroid dienone is 12. The highest BCUT2D eigenvalue weighted by atomic mass is 31.2. The summed E-state index contributed by atoms with van der Waals surface area (Å²) < 4.78 is 26.6. The van der Waals surface area contributed by atoms with Crippen LogP contribution in [0.25, 0.3) is 0 Å². The van der Waals surface area contributed by atoms with Crippen molar-refractivity contribution in [2.75, 3.05) is 19.8 Å². The maximum absolute atomic E-state index is 12.2. The fraction of sp³-hybridized carbons (Fsp3) is 0.625. The number of carboxylic acids is 1. The molecule has 0 radical (unpaired) electrons. The van der Waals surface area contributed by atoms with Crippen LogP contribution in [0, 0.1) is 0 Å². The van der Waals surface area contributed by atoms with E-state index in [1.165, 1.54) is 32.1 Å². The van der Waals surface area contributed by atoms with Gasteiger partial charge in [0.25, 0.3) is 0 Å². The molecule has 296 valence electrons. The van der Waals surface area contributed by atoms with Crippen LogP contribution in [0.4, 0.5) is 0 Å². The summed E-state index contributed by atoms with van der Waals surface area (Å²) in [6, 6.07) is -1.59. The number of unbranched alkanes of at least 4 members (excludes halogenated alkanes) is 8. The molecule has 0 saturated heterocycles. The van der Waals surface area contributed by atoms with Crippen molar-refractivity contribution in [2.45, 2.75) is 142 Å². The van der Waals surface area contributed by atoms with Gasteiger partial charge < -0.3 is 25.2 Å². The smallest absolute Gasteiger partial charge is 0.472 e. The highest BCUT2D eigenvalue weighted by molar-refractivity contribution is 7.47. The second kappa shape index (κ2) is 35.0. The minimum absolute atomic E-state index is 0.0171. The molecule has 0 aromatic carbocycles. The van der Waals surface area contributed by atoms with Crippen molar-refractivity contribution in [2.24, 2.45) is 0 Å². The highest BCUT2D eigenvalue weighted by Gasteiger charge is 2.28. The zero-order valence-electron chi connectivity index (χ0n) is 31.6. The molecule has 3 unspecified atom stereocenters.